The summed E-state index contributed by atoms with van der Waals surface area (Å²) in [6.45, 7) is 6.18. The molecule has 8 heteroatoms. The van der Waals surface area contributed by atoms with E-state index < -0.39 is 10.0 Å². The number of nitrogens with one attached hydrogen (secondary N) is 3. The van der Waals surface area contributed by atoms with Gasteiger partial charge in [0, 0.05) is 13.1 Å². The molecule has 6 nitrogen and oxygen atoms in total. The van der Waals surface area contributed by atoms with E-state index in [0.29, 0.717) is 17.4 Å². The van der Waals surface area contributed by atoms with E-state index in [1.54, 1.807) is 37.3 Å². The molecule has 2 rings (SSSR count). The number of rotatable bonds is 8. The van der Waals surface area contributed by atoms with Crippen molar-refractivity contribution in [2.45, 2.75) is 18.4 Å². The number of nitrogens with zero attached hydrogens (tertiary/aromatic N) is 1. The van der Waals surface area contributed by atoms with Crippen LogP contribution >= 0.6 is 12.2 Å². The lowest BCUT2D eigenvalue weighted by atomic mass is 10.1. The fraction of sp³-hybridized carbons (Fsp3) is 0.158. The molecule has 2 aromatic carbocycles. The molecule has 0 heterocycles. The molecule has 0 saturated heterocycles. The van der Waals surface area contributed by atoms with Gasteiger partial charge in [-0.3, -0.25) is 5.43 Å². The highest BCUT2D eigenvalue weighted by molar-refractivity contribution is 7.89. The molecule has 142 valence electrons. The minimum absolute atomic E-state index is 0.200. The summed E-state index contributed by atoms with van der Waals surface area (Å²) in [7, 11) is -3.58. The van der Waals surface area contributed by atoms with Gasteiger partial charge in [0.2, 0.25) is 10.0 Å². The molecule has 0 aromatic heterocycles. The van der Waals surface area contributed by atoms with Gasteiger partial charge in [-0.1, -0.05) is 48.5 Å². The van der Waals surface area contributed by atoms with Crippen LogP contribution in [0.3, 0.4) is 0 Å². The Kier molecular flexibility index (Phi) is 7.66. The molecular weight excluding hydrogens is 380 g/mol. The van der Waals surface area contributed by atoms with Crippen LogP contribution in [0.4, 0.5) is 0 Å². The van der Waals surface area contributed by atoms with E-state index in [0.717, 1.165) is 11.1 Å². The summed E-state index contributed by atoms with van der Waals surface area (Å²) >= 11 is 5.06. The maximum absolute atomic E-state index is 12.4. The van der Waals surface area contributed by atoms with Crippen molar-refractivity contribution < 1.29 is 8.42 Å². The van der Waals surface area contributed by atoms with Gasteiger partial charge in [-0.2, -0.15) is 5.10 Å². The van der Waals surface area contributed by atoms with E-state index >= 15 is 0 Å². The zero-order chi connectivity index (χ0) is 19.7. The number of thiocarbonyl (C=S) groups is 1. The molecule has 0 unspecified atom stereocenters. The third-order valence-electron chi connectivity index (χ3n) is 3.62. The molecule has 0 spiro atoms. The quantitative estimate of drug-likeness (QED) is 0.274. The van der Waals surface area contributed by atoms with E-state index in [1.165, 1.54) is 0 Å². The van der Waals surface area contributed by atoms with E-state index in [9.17, 15) is 8.42 Å². The molecule has 0 aliphatic rings. The van der Waals surface area contributed by atoms with Crippen molar-refractivity contribution in [2.75, 3.05) is 6.54 Å². The molecular formula is C19H22N4O2S2. The summed E-state index contributed by atoms with van der Waals surface area (Å²) in [5.74, 6) is 0. The first kappa shape index (κ1) is 20.8. The molecule has 27 heavy (non-hydrogen) atoms. The molecule has 0 bridgehead atoms. The average molecular weight is 403 g/mol. The number of sulfonamides is 1. The van der Waals surface area contributed by atoms with Crippen LogP contribution in [0.25, 0.3) is 0 Å². The molecule has 0 amide bonds. The van der Waals surface area contributed by atoms with Gasteiger partial charge in [0.05, 0.1) is 10.6 Å². The molecule has 0 saturated carbocycles. The summed E-state index contributed by atoms with van der Waals surface area (Å²) in [4.78, 5) is 0.200. The van der Waals surface area contributed by atoms with E-state index in [4.69, 9.17) is 12.2 Å². The second-order valence-corrected chi connectivity index (χ2v) is 7.82. The Morgan fingerprint density at radius 1 is 1.15 bits per heavy atom. The van der Waals surface area contributed by atoms with Gasteiger partial charge in [-0.05, 0) is 42.4 Å². The molecule has 0 radical (unpaired) electrons. The predicted octanol–water partition coefficient (Wildman–Crippen LogP) is 2.54. The second kappa shape index (κ2) is 9.96. The van der Waals surface area contributed by atoms with Crippen LogP contribution in [0.1, 0.15) is 18.1 Å². The fourth-order valence-corrected chi connectivity index (χ4v) is 3.28. The van der Waals surface area contributed by atoms with Crippen LogP contribution in [-0.4, -0.2) is 25.8 Å². The Hall–Kier alpha value is -2.55. The maximum atomic E-state index is 12.4. The van der Waals surface area contributed by atoms with Crippen molar-refractivity contribution in [1.82, 2.24) is 15.5 Å². The Bertz CT molecular complexity index is 908. The van der Waals surface area contributed by atoms with Crippen LogP contribution in [0, 0.1) is 0 Å². The van der Waals surface area contributed by atoms with Crippen LogP contribution in [-0.2, 0) is 16.6 Å². The van der Waals surface area contributed by atoms with Crippen molar-refractivity contribution in [3.63, 3.8) is 0 Å². The first-order valence-corrected chi connectivity index (χ1v) is 10.1. The number of hydrazone groups is 1. The Morgan fingerprint density at radius 2 is 1.81 bits per heavy atom. The Morgan fingerprint density at radius 3 is 2.44 bits per heavy atom. The lowest BCUT2D eigenvalue weighted by Gasteiger charge is -2.09. The predicted molar refractivity (Wildman–Crippen MR) is 113 cm³/mol. The van der Waals surface area contributed by atoms with Crippen molar-refractivity contribution in [3.8, 4) is 0 Å². The minimum atomic E-state index is -3.58. The van der Waals surface area contributed by atoms with Gasteiger partial charge in [0.15, 0.2) is 5.11 Å². The topological polar surface area (TPSA) is 82.6 Å². The Labute approximate surface area is 165 Å². The largest absolute Gasteiger partial charge is 0.358 e. The average Bonchev–Trinajstić information content (AvgIpc) is 2.70. The second-order valence-electron chi connectivity index (χ2n) is 5.64. The zero-order valence-electron chi connectivity index (χ0n) is 15.0. The lowest BCUT2D eigenvalue weighted by molar-refractivity contribution is 0.581. The van der Waals surface area contributed by atoms with Crippen LogP contribution in [0.2, 0.25) is 0 Å². The van der Waals surface area contributed by atoms with Gasteiger partial charge >= 0.3 is 0 Å². The van der Waals surface area contributed by atoms with Crippen molar-refractivity contribution >= 4 is 33.1 Å². The van der Waals surface area contributed by atoms with Gasteiger partial charge in [0.1, 0.15) is 0 Å². The third-order valence-corrected chi connectivity index (χ3v) is 5.28. The monoisotopic (exact) mass is 402 g/mol. The molecule has 0 fully saturated rings. The van der Waals surface area contributed by atoms with Crippen LogP contribution in [0.15, 0.2) is 77.2 Å². The van der Waals surface area contributed by atoms with Gasteiger partial charge in [0.25, 0.3) is 0 Å². The molecule has 2 aromatic rings. The van der Waals surface area contributed by atoms with E-state index in [2.05, 4.69) is 27.1 Å². The van der Waals surface area contributed by atoms with Gasteiger partial charge in [-0.15, -0.1) is 6.58 Å². The first-order valence-electron chi connectivity index (χ1n) is 8.25. The zero-order valence-corrected chi connectivity index (χ0v) is 16.6. The lowest BCUT2D eigenvalue weighted by Crippen LogP contribution is -2.32. The highest BCUT2D eigenvalue weighted by Crippen LogP contribution is 2.12. The summed E-state index contributed by atoms with van der Waals surface area (Å²) in [6, 6.07) is 15.9. The van der Waals surface area contributed by atoms with Crippen LogP contribution < -0.4 is 15.5 Å². The Balaban J connectivity index is 2.00. The molecule has 0 atom stereocenters. The summed E-state index contributed by atoms with van der Waals surface area (Å²) in [6.07, 6.45) is 1.69. The number of hydrogen-bond acceptors (Lipinski definition) is 4. The number of hydrogen-bond donors (Lipinski definition) is 3. The third kappa shape index (κ3) is 6.59. The van der Waals surface area contributed by atoms with Gasteiger partial charge in [-0.25, -0.2) is 13.1 Å². The SMILES string of the molecule is C=CCNC(=S)N/N=C(/C)c1ccc(S(=O)(=O)NCc2ccccc2)cc1. The van der Waals surface area contributed by atoms with Crippen molar-refractivity contribution in [2.24, 2.45) is 5.10 Å². The standard InChI is InChI=1S/C19H22N4O2S2/c1-3-13-20-19(26)23-22-15(2)17-9-11-18(12-10-17)27(24,25)21-14-16-7-5-4-6-8-16/h3-12,21H,1,13-14H2,2H3,(H2,20,23,26)/b22-15-. The summed E-state index contributed by atoms with van der Waals surface area (Å²) in [5, 5.41) is 7.47. The summed E-state index contributed by atoms with van der Waals surface area (Å²) in [5.41, 5.74) is 5.09. The maximum Gasteiger partial charge on any atom is 0.240 e. The smallest absolute Gasteiger partial charge is 0.240 e. The number of benzene rings is 2. The van der Waals surface area contributed by atoms with Gasteiger partial charge < -0.3 is 5.32 Å². The highest BCUT2D eigenvalue weighted by atomic mass is 32.2. The molecule has 0 aliphatic carbocycles. The van der Waals surface area contributed by atoms with Crippen LogP contribution in [0.5, 0.6) is 0 Å². The van der Waals surface area contributed by atoms with Crippen molar-refractivity contribution in [3.05, 3.63) is 78.4 Å². The fourth-order valence-electron chi connectivity index (χ4n) is 2.14. The minimum Gasteiger partial charge on any atom is -0.358 e. The summed E-state index contributed by atoms with van der Waals surface area (Å²) < 4.78 is 27.4. The van der Waals surface area contributed by atoms with Crippen molar-refractivity contribution in [1.29, 1.82) is 0 Å². The highest BCUT2D eigenvalue weighted by Gasteiger charge is 2.13. The normalized spacial score (nSPS) is 11.7. The van der Waals surface area contributed by atoms with E-state index in [1.807, 2.05) is 30.3 Å². The molecule has 3 N–H and O–H groups in total. The molecule has 0 aliphatic heterocycles. The first-order chi connectivity index (χ1) is 12.9. The van der Waals surface area contributed by atoms with E-state index in [-0.39, 0.29) is 11.4 Å².